The lowest BCUT2D eigenvalue weighted by Crippen LogP contribution is -2.25. The number of rotatable bonds is 1. The first-order chi connectivity index (χ1) is 11.3. The number of benzene rings is 2. The Bertz CT molecular complexity index is 916. The molecule has 0 saturated carbocycles. The lowest BCUT2D eigenvalue weighted by molar-refractivity contribution is 0.174. The zero-order valence-electron chi connectivity index (χ0n) is 12.6. The van der Waals surface area contributed by atoms with Gasteiger partial charge in [0.1, 0.15) is 6.17 Å². The van der Waals surface area contributed by atoms with Gasteiger partial charge in [0.05, 0.1) is 11.4 Å². The van der Waals surface area contributed by atoms with Crippen molar-refractivity contribution < 1.29 is 9.47 Å². The van der Waals surface area contributed by atoms with E-state index in [4.69, 9.17) is 9.47 Å². The van der Waals surface area contributed by atoms with Crippen molar-refractivity contribution in [1.82, 2.24) is 9.78 Å². The van der Waals surface area contributed by atoms with Crippen LogP contribution in [0.4, 0.5) is 5.69 Å². The van der Waals surface area contributed by atoms with Crippen LogP contribution in [0.1, 0.15) is 17.4 Å². The minimum absolute atomic E-state index is 0.0666. The Morgan fingerprint density at radius 1 is 1.09 bits per heavy atom. The number of para-hydroxylation sites is 1. The average molecular weight is 305 g/mol. The fourth-order valence-corrected chi connectivity index (χ4v) is 3.26. The molecular formula is C18H15N3O2. The summed E-state index contributed by atoms with van der Waals surface area (Å²) < 4.78 is 13.0. The number of ether oxygens (including phenoxy) is 2. The summed E-state index contributed by atoms with van der Waals surface area (Å²) in [6, 6.07) is 16.5. The largest absolute Gasteiger partial charge is 0.454 e. The van der Waals surface area contributed by atoms with Crippen LogP contribution in [-0.4, -0.2) is 16.6 Å². The zero-order chi connectivity index (χ0) is 15.4. The van der Waals surface area contributed by atoms with Crippen LogP contribution >= 0.6 is 0 Å². The van der Waals surface area contributed by atoms with Gasteiger partial charge in [0.25, 0.3) is 0 Å². The third kappa shape index (κ3) is 1.83. The highest BCUT2D eigenvalue weighted by Crippen LogP contribution is 2.41. The van der Waals surface area contributed by atoms with Crippen LogP contribution in [0.5, 0.6) is 11.5 Å². The first kappa shape index (κ1) is 12.6. The second-order valence-corrected chi connectivity index (χ2v) is 5.82. The molecule has 0 bridgehead atoms. The molecule has 2 aliphatic heterocycles. The van der Waals surface area contributed by atoms with Crippen molar-refractivity contribution >= 4 is 5.69 Å². The number of aromatic nitrogens is 2. The SMILES string of the molecule is Cc1cc2n(n1)C(c1ccc3c(c1)OCO3)Nc1ccccc1-2. The summed E-state index contributed by atoms with van der Waals surface area (Å²) in [5, 5.41) is 8.26. The first-order valence-electron chi connectivity index (χ1n) is 7.61. The van der Waals surface area contributed by atoms with Crippen molar-refractivity contribution in [2.24, 2.45) is 0 Å². The monoisotopic (exact) mass is 305 g/mol. The molecule has 0 spiro atoms. The van der Waals surface area contributed by atoms with E-state index in [1.54, 1.807) is 0 Å². The molecule has 0 amide bonds. The van der Waals surface area contributed by atoms with Crippen LogP contribution in [0.25, 0.3) is 11.3 Å². The number of nitrogens with zero attached hydrogens (tertiary/aromatic N) is 2. The molecule has 2 aromatic carbocycles. The average Bonchev–Trinajstić information content (AvgIpc) is 3.19. The molecule has 5 heteroatoms. The summed E-state index contributed by atoms with van der Waals surface area (Å²) in [5.74, 6) is 1.58. The number of aryl methyl sites for hydroxylation is 1. The molecule has 1 N–H and O–H groups in total. The van der Waals surface area contributed by atoms with E-state index >= 15 is 0 Å². The minimum Gasteiger partial charge on any atom is -0.454 e. The number of fused-ring (bicyclic) bond motifs is 4. The highest BCUT2D eigenvalue weighted by Gasteiger charge is 2.27. The van der Waals surface area contributed by atoms with E-state index < -0.39 is 0 Å². The second-order valence-electron chi connectivity index (χ2n) is 5.82. The summed E-state index contributed by atoms with van der Waals surface area (Å²) >= 11 is 0. The predicted octanol–water partition coefficient (Wildman–Crippen LogP) is 3.56. The molecule has 1 atom stereocenters. The van der Waals surface area contributed by atoms with Crippen LogP contribution in [0.15, 0.2) is 48.5 Å². The maximum Gasteiger partial charge on any atom is 0.231 e. The molecule has 3 heterocycles. The minimum atomic E-state index is -0.0666. The molecule has 1 unspecified atom stereocenters. The van der Waals surface area contributed by atoms with E-state index in [0.717, 1.165) is 34.1 Å². The van der Waals surface area contributed by atoms with Crippen molar-refractivity contribution in [3.05, 3.63) is 59.8 Å². The normalized spacial score (nSPS) is 17.3. The van der Waals surface area contributed by atoms with Crippen molar-refractivity contribution in [3.63, 3.8) is 0 Å². The number of nitrogens with one attached hydrogen (secondary N) is 1. The van der Waals surface area contributed by atoms with Gasteiger partial charge in [-0.2, -0.15) is 5.10 Å². The van der Waals surface area contributed by atoms with Gasteiger partial charge in [-0.1, -0.05) is 24.3 Å². The lowest BCUT2D eigenvalue weighted by Gasteiger charge is -2.29. The zero-order valence-corrected chi connectivity index (χ0v) is 12.6. The maximum atomic E-state index is 5.51. The first-order valence-corrected chi connectivity index (χ1v) is 7.61. The molecule has 3 aromatic rings. The van der Waals surface area contributed by atoms with Crippen LogP contribution in [-0.2, 0) is 0 Å². The highest BCUT2D eigenvalue weighted by atomic mass is 16.7. The predicted molar refractivity (Wildman–Crippen MR) is 86.7 cm³/mol. The van der Waals surface area contributed by atoms with Gasteiger partial charge < -0.3 is 14.8 Å². The summed E-state index contributed by atoms with van der Waals surface area (Å²) in [6.45, 7) is 2.30. The van der Waals surface area contributed by atoms with E-state index in [2.05, 4.69) is 34.7 Å². The number of anilines is 1. The molecule has 5 rings (SSSR count). The second kappa shape index (κ2) is 4.52. The summed E-state index contributed by atoms with van der Waals surface area (Å²) in [5.41, 5.74) is 5.50. The van der Waals surface area contributed by atoms with Crippen molar-refractivity contribution in [2.45, 2.75) is 13.1 Å². The smallest absolute Gasteiger partial charge is 0.231 e. The summed E-state index contributed by atoms with van der Waals surface area (Å²) in [6.07, 6.45) is -0.0666. The Morgan fingerprint density at radius 2 is 1.96 bits per heavy atom. The molecule has 0 saturated heterocycles. The van der Waals surface area contributed by atoms with Gasteiger partial charge in [-0.3, -0.25) is 0 Å². The van der Waals surface area contributed by atoms with E-state index in [1.165, 1.54) is 5.56 Å². The Balaban J connectivity index is 1.67. The van der Waals surface area contributed by atoms with E-state index in [9.17, 15) is 0 Å². The van der Waals surface area contributed by atoms with Gasteiger partial charge in [0, 0.05) is 16.8 Å². The van der Waals surface area contributed by atoms with E-state index in [0.29, 0.717) is 0 Å². The molecule has 0 radical (unpaired) electrons. The van der Waals surface area contributed by atoms with Crippen molar-refractivity contribution in [1.29, 1.82) is 0 Å². The number of hydrogen-bond acceptors (Lipinski definition) is 4. The highest BCUT2D eigenvalue weighted by molar-refractivity contribution is 5.78. The summed E-state index contributed by atoms with van der Waals surface area (Å²) in [4.78, 5) is 0. The third-order valence-corrected chi connectivity index (χ3v) is 4.31. The molecule has 0 aliphatic carbocycles. The van der Waals surface area contributed by atoms with Gasteiger partial charge in [-0.15, -0.1) is 0 Å². The Labute approximate surface area is 133 Å². The number of hydrogen-bond donors (Lipinski definition) is 1. The maximum absolute atomic E-state index is 5.51. The van der Waals surface area contributed by atoms with Crippen LogP contribution in [0.2, 0.25) is 0 Å². The molecule has 5 nitrogen and oxygen atoms in total. The van der Waals surface area contributed by atoms with Gasteiger partial charge in [0.15, 0.2) is 11.5 Å². The van der Waals surface area contributed by atoms with Gasteiger partial charge in [-0.25, -0.2) is 4.68 Å². The molecule has 2 aliphatic rings. The molecular weight excluding hydrogens is 290 g/mol. The quantitative estimate of drug-likeness (QED) is 0.747. The van der Waals surface area contributed by atoms with E-state index in [1.807, 2.05) is 35.9 Å². The van der Waals surface area contributed by atoms with Crippen LogP contribution < -0.4 is 14.8 Å². The van der Waals surface area contributed by atoms with Gasteiger partial charge in [0.2, 0.25) is 6.79 Å². The van der Waals surface area contributed by atoms with Crippen LogP contribution in [0.3, 0.4) is 0 Å². The standard InChI is InChI=1S/C18H15N3O2/c1-11-8-15-13-4-2-3-5-14(13)19-18(21(15)20-11)12-6-7-16-17(9-12)23-10-22-16/h2-9,18-19H,10H2,1H3. The molecule has 114 valence electrons. The van der Waals surface area contributed by atoms with Crippen molar-refractivity contribution in [3.8, 4) is 22.8 Å². The lowest BCUT2D eigenvalue weighted by atomic mass is 10.0. The van der Waals surface area contributed by atoms with E-state index in [-0.39, 0.29) is 13.0 Å². The topological polar surface area (TPSA) is 48.3 Å². The van der Waals surface area contributed by atoms with Crippen molar-refractivity contribution in [2.75, 3.05) is 12.1 Å². The Morgan fingerprint density at radius 3 is 2.91 bits per heavy atom. The molecule has 0 fully saturated rings. The molecule has 1 aromatic heterocycles. The van der Waals surface area contributed by atoms with Crippen LogP contribution in [0, 0.1) is 6.92 Å². The third-order valence-electron chi connectivity index (χ3n) is 4.31. The Kier molecular flexibility index (Phi) is 2.47. The molecule has 23 heavy (non-hydrogen) atoms. The van der Waals surface area contributed by atoms with Gasteiger partial charge >= 0.3 is 0 Å². The fourth-order valence-electron chi connectivity index (χ4n) is 3.26. The Hall–Kier alpha value is -2.95. The fraction of sp³-hybridized carbons (Fsp3) is 0.167. The summed E-state index contributed by atoms with van der Waals surface area (Å²) in [7, 11) is 0. The van der Waals surface area contributed by atoms with Gasteiger partial charge in [-0.05, 0) is 31.2 Å².